The highest BCUT2D eigenvalue weighted by atomic mass is 16.6. The number of ketones is 1. The number of carbonyl (C=O) groups is 1. The van der Waals surface area contributed by atoms with E-state index in [9.17, 15) is 14.9 Å². The Balaban J connectivity index is 1.97. The van der Waals surface area contributed by atoms with Crippen LogP contribution >= 0.6 is 0 Å². The molecule has 0 radical (unpaired) electrons. The normalized spacial score (nSPS) is 11.0. The summed E-state index contributed by atoms with van der Waals surface area (Å²) in [5.74, 6) is -0.181. The summed E-state index contributed by atoms with van der Waals surface area (Å²) in [6.45, 7) is 0. The molecule has 0 aromatic heterocycles. The Labute approximate surface area is 132 Å². The van der Waals surface area contributed by atoms with Gasteiger partial charge in [-0.2, -0.15) is 0 Å². The summed E-state index contributed by atoms with van der Waals surface area (Å²) in [4.78, 5) is 23.0. The molecule has 112 valence electrons. The summed E-state index contributed by atoms with van der Waals surface area (Å²) < 4.78 is 0. The molecule has 0 N–H and O–H groups in total. The molecule has 0 amide bonds. The topological polar surface area (TPSA) is 60.2 Å². The second-order valence-electron chi connectivity index (χ2n) is 5.04. The van der Waals surface area contributed by atoms with Crippen molar-refractivity contribution in [1.82, 2.24) is 0 Å². The quantitative estimate of drug-likeness (QED) is 0.305. The molecule has 3 aromatic rings. The van der Waals surface area contributed by atoms with Gasteiger partial charge in [0.2, 0.25) is 0 Å². The molecule has 0 fully saturated rings. The third-order valence-corrected chi connectivity index (χ3v) is 3.60. The van der Waals surface area contributed by atoms with Crippen LogP contribution in [0.15, 0.2) is 72.8 Å². The van der Waals surface area contributed by atoms with Crippen LogP contribution in [0.5, 0.6) is 0 Å². The molecule has 0 bridgehead atoms. The first-order valence-electron chi connectivity index (χ1n) is 7.10. The highest BCUT2D eigenvalue weighted by Gasteiger charge is 2.11. The molecule has 0 aliphatic rings. The number of nitro benzene ring substituents is 1. The number of hydrogen-bond donors (Lipinski definition) is 0. The van der Waals surface area contributed by atoms with E-state index >= 15 is 0 Å². The predicted molar refractivity (Wildman–Crippen MR) is 90.4 cm³/mol. The molecule has 0 heterocycles. The van der Waals surface area contributed by atoms with Crippen molar-refractivity contribution >= 4 is 28.3 Å². The van der Waals surface area contributed by atoms with E-state index in [1.54, 1.807) is 24.3 Å². The largest absolute Gasteiger partial charge is 0.289 e. The lowest BCUT2D eigenvalue weighted by atomic mass is 10.0. The molecular weight excluding hydrogens is 290 g/mol. The number of carbonyl (C=O) groups excluding carboxylic acids is 1. The van der Waals surface area contributed by atoms with Crippen LogP contribution in [0.25, 0.3) is 16.8 Å². The third kappa shape index (κ3) is 3.01. The van der Waals surface area contributed by atoms with Crippen molar-refractivity contribution in [3.05, 3.63) is 94.0 Å². The summed E-state index contributed by atoms with van der Waals surface area (Å²) >= 11 is 0. The maximum atomic E-state index is 12.5. The van der Waals surface area contributed by atoms with E-state index in [0.717, 1.165) is 10.8 Å². The minimum absolute atomic E-state index is 0.0190. The smallest absolute Gasteiger partial charge is 0.276 e. The third-order valence-electron chi connectivity index (χ3n) is 3.60. The number of nitro groups is 1. The first-order valence-corrected chi connectivity index (χ1v) is 7.10. The van der Waals surface area contributed by atoms with E-state index in [0.29, 0.717) is 11.1 Å². The van der Waals surface area contributed by atoms with E-state index < -0.39 is 4.92 Å². The van der Waals surface area contributed by atoms with Crippen molar-refractivity contribution < 1.29 is 9.72 Å². The van der Waals surface area contributed by atoms with Crippen LogP contribution in [-0.2, 0) is 0 Å². The van der Waals surface area contributed by atoms with Crippen LogP contribution in [0.4, 0.5) is 5.69 Å². The zero-order valence-electron chi connectivity index (χ0n) is 12.2. The number of fused-ring (bicyclic) bond motifs is 1. The van der Waals surface area contributed by atoms with Crippen molar-refractivity contribution in [2.45, 2.75) is 0 Å². The maximum Gasteiger partial charge on any atom is 0.276 e. The van der Waals surface area contributed by atoms with Crippen molar-refractivity contribution in [2.75, 3.05) is 0 Å². The second-order valence-corrected chi connectivity index (χ2v) is 5.04. The molecule has 3 aromatic carbocycles. The van der Waals surface area contributed by atoms with Gasteiger partial charge in [-0.3, -0.25) is 14.9 Å². The molecular formula is C19H13NO3. The average molecular weight is 303 g/mol. The van der Waals surface area contributed by atoms with E-state index in [1.807, 2.05) is 36.4 Å². The van der Waals surface area contributed by atoms with Gasteiger partial charge in [-0.05, 0) is 29.0 Å². The van der Waals surface area contributed by atoms with Gasteiger partial charge in [0.25, 0.3) is 5.69 Å². The molecule has 0 unspecified atom stereocenters. The molecule has 0 atom stereocenters. The van der Waals surface area contributed by atoms with Crippen molar-refractivity contribution in [3.8, 4) is 0 Å². The summed E-state index contributed by atoms with van der Waals surface area (Å²) in [5, 5.41) is 12.8. The van der Waals surface area contributed by atoms with Crippen LogP contribution in [0.3, 0.4) is 0 Å². The van der Waals surface area contributed by atoms with Gasteiger partial charge in [-0.15, -0.1) is 0 Å². The van der Waals surface area contributed by atoms with Gasteiger partial charge in [0, 0.05) is 11.6 Å². The highest BCUT2D eigenvalue weighted by molar-refractivity contribution is 6.14. The van der Waals surface area contributed by atoms with Gasteiger partial charge in [-0.1, -0.05) is 54.6 Å². The van der Waals surface area contributed by atoms with Crippen LogP contribution in [0, 0.1) is 10.1 Å². The SMILES string of the molecule is O=C(/C=C/c1ccccc1[N+](=O)[O-])c1cccc2ccccc12. The van der Waals surface area contributed by atoms with Crippen LogP contribution in [0.2, 0.25) is 0 Å². The first kappa shape index (κ1) is 14.7. The number of para-hydroxylation sites is 1. The molecule has 0 aliphatic heterocycles. The first-order chi connectivity index (χ1) is 11.2. The number of allylic oxidation sites excluding steroid dienone is 1. The summed E-state index contributed by atoms with van der Waals surface area (Å²) in [6.07, 6.45) is 2.87. The van der Waals surface area contributed by atoms with Crippen molar-refractivity contribution in [1.29, 1.82) is 0 Å². The van der Waals surface area contributed by atoms with E-state index in [-0.39, 0.29) is 11.5 Å². The number of hydrogen-bond acceptors (Lipinski definition) is 3. The molecule has 4 heteroatoms. The second kappa shape index (κ2) is 6.23. The van der Waals surface area contributed by atoms with E-state index in [1.165, 1.54) is 18.2 Å². The van der Waals surface area contributed by atoms with Gasteiger partial charge < -0.3 is 0 Å². The Morgan fingerprint density at radius 3 is 2.43 bits per heavy atom. The average Bonchev–Trinajstić information content (AvgIpc) is 2.59. The highest BCUT2D eigenvalue weighted by Crippen LogP contribution is 2.22. The Hall–Kier alpha value is -3.27. The summed E-state index contributed by atoms with van der Waals surface area (Å²) in [7, 11) is 0. The van der Waals surface area contributed by atoms with Crippen LogP contribution < -0.4 is 0 Å². The minimum Gasteiger partial charge on any atom is -0.289 e. The molecule has 23 heavy (non-hydrogen) atoms. The lowest BCUT2D eigenvalue weighted by Crippen LogP contribution is -1.96. The molecule has 0 saturated carbocycles. The fourth-order valence-corrected chi connectivity index (χ4v) is 2.49. The van der Waals surface area contributed by atoms with Gasteiger partial charge >= 0.3 is 0 Å². The van der Waals surface area contributed by atoms with Crippen LogP contribution in [-0.4, -0.2) is 10.7 Å². The fraction of sp³-hybridized carbons (Fsp3) is 0. The van der Waals surface area contributed by atoms with Gasteiger partial charge in [-0.25, -0.2) is 0 Å². The fourth-order valence-electron chi connectivity index (χ4n) is 2.49. The summed E-state index contributed by atoms with van der Waals surface area (Å²) in [6, 6.07) is 19.5. The van der Waals surface area contributed by atoms with Crippen molar-refractivity contribution in [2.24, 2.45) is 0 Å². The molecule has 0 spiro atoms. The predicted octanol–water partition coefficient (Wildman–Crippen LogP) is 4.64. The zero-order valence-corrected chi connectivity index (χ0v) is 12.2. The number of rotatable bonds is 4. The van der Waals surface area contributed by atoms with Gasteiger partial charge in [0.1, 0.15) is 0 Å². The Morgan fingerprint density at radius 2 is 1.61 bits per heavy atom. The summed E-state index contributed by atoms with van der Waals surface area (Å²) in [5.41, 5.74) is 0.971. The number of nitrogens with zero attached hydrogens (tertiary/aromatic N) is 1. The molecule has 0 saturated heterocycles. The maximum absolute atomic E-state index is 12.5. The van der Waals surface area contributed by atoms with Crippen LogP contribution in [0.1, 0.15) is 15.9 Å². The monoisotopic (exact) mass is 303 g/mol. The zero-order chi connectivity index (χ0) is 16.2. The van der Waals surface area contributed by atoms with Gasteiger partial charge in [0.15, 0.2) is 5.78 Å². The Bertz CT molecular complexity index is 923. The lowest BCUT2D eigenvalue weighted by Gasteiger charge is -2.03. The minimum atomic E-state index is -0.456. The molecule has 3 rings (SSSR count). The molecule has 0 aliphatic carbocycles. The molecule has 4 nitrogen and oxygen atoms in total. The Morgan fingerprint density at radius 1 is 0.913 bits per heavy atom. The standard InChI is InChI=1S/C19H13NO3/c21-19(13-12-15-7-2-4-11-18(15)20(22)23)17-10-5-8-14-6-1-3-9-16(14)17/h1-13H/b13-12+. The lowest BCUT2D eigenvalue weighted by molar-refractivity contribution is -0.385. The Kier molecular flexibility index (Phi) is 3.97. The van der Waals surface area contributed by atoms with Gasteiger partial charge in [0.05, 0.1) is 10.5 Å². The van der Waals surface area contributed by atoms with E-state index in [4.69, 9.17) is 0 Å². The van der Waals surface area contributed by atoms with E-state index in [2.05, 4.69) is 0 Å². The van der Waals surface area contributed by atoms with Crippen molar-refractivity contribution in [3.63, 3.8) is 0 Å². The number of benzene rings is 3.